The summed E-state index contributed by atoms with van der Waals surface area (Å²) in [4.78, 5) is 16.1. The Morgan fingerprint density at radius 2 is 1.93 bits per heavy atom. The minimum atomic E-state index is -4.41. The second-order valence-corrected chi connectivity index (χ2v) is 6.28. The SMILES string of the molecule is O=C(NCCNc1ccc(C(F)(F)F)cn1)c1ccccc1OC1CCC1. The summed E-state index contributed by atoms with van der Waals surface area (Å²) in [5, 5.41) is 5.64. The van der Waals surface area contributed by atoms with Crippen LogP contribution in [-0.2, 0) is 6.18 Å². The molecule has 1 aromatic heterocycles. The average molecular weight is 379 g/mol. The number of carbonyl (C=O) groups excluding carboxylic acids is 1. The minimum Gasteiger partial charge on any atom is -0.490 e. The molecule has 144 valence electrons. The molecule has 0 spiro atoms. The fourth-order valence-electron chi connectivity index (χ4n) is 2.55. The summed E-state index contributed by atoms with van der Waals surface area (Å²) < 4.78 is 43.3. The number of para-hydroxylation sites is 1. The Bertz CT molecular complexity index is 775. The molecule has 2 aromatic rings. The lowest BCUT2D eigenvalue weighted by atomic mass is 9.96. The number of hydrogen-bond acceptors (Lipinski definition) is 4. The second kappa shape index (κ2) is 8.28. The Morgan fingerprint density at radius 1 is 1.15 bits per heavy atom. The lowest BCUT2D eigenvalue weighted by molar-refractivity contribution is -0.137. The summed E-state index contributed by atoms with van der Waals surface area (Å²) >= 11 is 0. The first-order valence-electron chi connectivity index (χ1n) is 8.74. The monoisotopic (exact) mass is 379 g/mol. The number of nitrogens with zero attached hydrogens (tertiary/aromatic N) is 1. The quantitative estimate of drug-likeness (QED) is 0.717. The zero-order chi connectivity index (χ0) is 19.3. The Morgan fingerprint density at radius 3 is 2.56 bits per heavy atom. The molecule has 1 aromatic carbocycles. The highest BCUT2D eigenvalue weighted by atomic mass is 19.4. The van der Waals surface area contributed by atoms with E-state index in [1.807, 2.05) is 6.07 Å². The normalized spacial score (nSPS) is 14.3. The zero-order valence-corrected chi connectivity index (χ0v) is 14.6. The fraction of sp³-hybridized carbons (Fsp3) is 0.368. The van der Waals surface area contributed by atoms with Gasteiger partial charge in [-0.3, -0.25) is 4.79 Å². The smallest absolute Gasteiger partial charge is 0.417 e. The van der Waals surface area contributed by atoms with Crippen molar-refractivity contribution >= 4 is 11.7 Å². The van der Waals surface area contributed by atoms with Crippen LogP contribution in [0.25, 0.3) is 0 Å². The Kier molecular flexibility index (Phi) is 5.83. The van der Waals surface area contributed by atoms with E-state index in [9.17, 15) is 18.0 Å². The van der Waals surface area contributed by atoms with Crippen LogP contribution in [0.2, 0.25) is 0 Å². The van der Waals surface area contributed by atoms with Gasteiger partial charge in [-0.25, -0.2) is 4.98 Å². The number of anilines is 1. The maximum absolute atomic E-state index is 12.5. The Labute approximate surface area is 154 Å². The number of rotatable bonds is 7. The second-order valence-electron chi connectivity index (χ2n) is 6.28. The summed E-state index contributed by atoms with van der Waals surface area (Å²) in [6.07, 6.45) is -0.321. The van der Waals surface area contributed by atoms with Gasteiger partial charge in [0.05, 0.1) is 17.2 Å². The van der Waals surface area contributed by atoms with Crippen molar-refractivity contribution in [3.05, 3.63) is 53.7 Å². The molecular formula is C19H20F3N3O2. The van der Waals surface area contributed by atoms with Crippen LogP contribution >= 0.6 is 0 Å². The molecule has 8 heteroatoms. The molecule has 1 fully saturated rings. The van der Waals surface area contributed by atoms with E-state index in [0.717, 1.165) is 31.5 Å². The van der Waals surface area contributed by atoms with Crippen molar-refractivity contribution in [1.82, 2.24) is 10.3 Å². The van der Waals surface area contributed by atoms with E-state index in [-0.39, 0.29) is 12.0 Å². The van der Waals surface area contributed by atoms with Crippen LogP contribution in [0.5, 0.6) is 5.75 Å². The third kappa shape index (κ3) is 5.12. The molecule has 0 radical (unpaired) electrons. The molecule has 1 saturated carbocycles. The first kappa shape index (κ1) is 19.0. The molecule has 5 nitrogen and oxygen atoms in total. The number of halogens is 3. The maximum Gasteiger partial charge on any atom is 0.417 e. The predicted molar refractivity (Wildman–Crippen MR) is 94.8 cm³/mol. The van der Waals surface area contributed by atoms with Crippen LogP contribution in [0, 0.1) is 0 Å². The summed E-state index contributed by atoms with van der Waals surface area (Å²) in [5.74, 6) is 0.620. The molecule has 0 bridgehead atoms. The van der Waals surface area contributed by atoms with E-state index in [0.29, 0.717) is 30.2 Å². The lowest BCUT2D eigenvalue weighted by Gasteiger charge is -2.27. The van der Waals surface area contributed by atoms with Gasteiger partial charge in [0.15, 0.2) is 0 Å². The number of alkyl halides is 3. The average Bonchev–Trinajstić information content (AvgIpc) is 2.61. The van der Waals surface area contributed by atoms with E-state index in [1.54, 1.807) is 18.2 Å². The molecule has 0 saturated heterocycles. The van der Waals surface area contributed by atoms with Gasteiger partial charge in [0.1, 0.15) is 11.6 Å². The maximum atomic E-state index is 12.5. The van der Waals surface area contributed by atoms with Crippen LogP contribution in [0.3, 0.4) is 0 Å². The van der Waals surface area contributed by atoms with Gasteiger partial charge in [-0.15, -0.1) is 0 Å². The molecule has 27 heavy (non-hydrogen) atoms. The van der Waals surface area contributed by atoms with Crippen molar-refractivity contribution in [2.45, 2.75) is 31.5 Å². The zero-order valence-electron chi connectivity index (χ0n) is 14.6. The molecule has 3 rings (SSSR count). The van der Waals surface area contributed by atoms with Crippen molar-refractivity contribution in [2.24, 2.45) is 0 Å². The van der Waals surface area contributed by atoms with Crippen LogP contribution in [0.15, 0.2) is 42.6 Å². The van der Waals surface area contributed by atoms with Crippen LogP contribution in [0.4, 0.5) is 19.0 Å². The summed E-state index contributed by atoms with van der Waals surface area (Å²) in [7, 11) is 0. The summed E-state index contributed by atoms with van der Waals surface area (Å²) in [5.41, 5.74) is -0.332. The molecule has 1 aliphatic rings. The van der Waals surface area contributed by atoms with Crippen LogP contribution in [-0.4, -0.2) is 30.1 Å². The third-order valence-corrected chi connectivity index (χ3v) is 4.29. The third-order valence-electron chi connectivity index (χ3n) is 4.29. The van der Waals surface area contributed by atoms with Gasteiger partial charge in [-0.1, -0.05) is 12.1 Å². The van der Waals surface area contributed by atoms with Crippen molar-refractivity contribution in [3.8, 4) is 5.75 Å². The van der Waals surface area contributed by atoms with Gasteiger partial charge in [0.25, 0.3) is 5.91 Å². The topological polar surface area (TPSA) is 63.2 Å². The number of hydrogen-bond donors (Lipinski definition) is 2. The van der Waals surface area contributed by atoms with E-state index in [2.05, 4.69) is 15.6 Å². The fourth-order valence-corrected chi connectivity index (χ4v) is 2.55. The van der Waals surface area contributed by atoms with Crippen LogP contribution in [0.1, 0.15) is 35.2 Å². The van der Waals surface area contributed by atoms with Crippen molar-refractivity contribution in [3.63, 3.8) is 0 Å². The van der Waals surface area contributed by atoms with Gasteiger partial charge in [-0.2, -0.15) is 13.2 Å². The van der Waals surface area contributed by atoms with Crippen molar-refractivity contribution in [2.75, 3.05) is 18.4 Å². The molecule has 1 aliphatic carbocycles. The van der Waals surface area contributed by atoms with Gasteiger partial charge in [0, 0.05) is 19.3 Å². The number of amides is 1. The number of carbonyl (C=O) groups is 1. The van der Waals surface area contributed by atoms with E-state index in [1.165, 1.54) is 6.07 Å². The van der Waals surface area contributed by atoms with Gasteiger partial charge in [-0.05, 0) is 43.5 Å². The number of ether oxygens (including phenoxy) is 1. The van der Waals surface area contributed by atoms with Crippen LogP contribution < -0.4 is 15.4 Å². The van der Waals surface area contributed by atoms with Gasteiger partial charge in [0.2, 0.25) is 0 Å². The van der Waals surface area contributed by atoms with Gasteiger partial charge >= 0.3 is 6.18 Å². The first-order valence-corrected chi connectivity index (χ1v) is 8.74. The molecule has 1 heterocycles. The molecule has 0 aliphatic heterocycles. The molecule has 1 amide bonds. The van der Waals surface area contributed by atoms with E-state index < -0.39 is 11.7 Å². The van der Waals surface area contributed by atoms with Gasteiger partial charge < -0.3 is 15.4 Å². The minimum absolute atomic E-state index is 0.173. The van der Waals surface area contributed by atoms with Crippen molar-refractivity contribution < 1.29 is 22.7 Å². The Hall–Kier alpha value is -2.77. The number of nitrogens with one attached hydrogen (secondary N) is 2. The molecule has 0 atom stereocenters. The van der Waals surface area contributed by atoms with Crippen molar-refractivity contribution in [1.29, 1.82) is 0 Å². The molecule has 0 unspecified atom stereocenters. The highest BCUT2D eigenvalue weighted by Crippen LogP contribution is 2.29. The first-order chi connectivity index (χ1) is 12.9. The summed E-state index contributed by atoms with van der Waals surface area (Å²) in [6, 6.07) is 9.29. The number of benzene rings is 1. The largest absolute Gasteiger partial charge is 0.490 e. The van der Waals surface area contributed by atoms with E-state index in [4.69, 9.17) is 4.74 Å². The molecular weight excluding hydrogens is 359 g/mol. The van der Waals surface area contributed by atoms with E-state index >= 15 is 0 Å². The standard InChI is InChI=1S/C19H20F3N3O2/c20-19(21,22)13-8-9-17(25-12-13)23-10-11-24-18(26)15-6-1-2-7-16(15)27-14-4-3-5-14/h1-2,6-9,12,14H,3-5,10-11H2,(H,23,25)(H,24,26). The number of aromatic nitrogens is 1. The predicted octanol–water partition coefficient (Wildman–Crippen LogP) is 3.87. The lowest BCUT2D eigenvalue weighted by Crippen LogP contribution is -2.30. The Balaban J connectivity index is 1.47. The molecule has 2 N–H and O–H groups in total. The highest BCUT2D eigenvalue weighted by molar-refractivity contribution is 5.96. The number of pyridine rings is 1. The summed E-state index contributed by atoms with van der Waals surface area (Å²) in [6.45, 7) is 0.620. The highest BCUT2D eigenvalue weighted by Gasteiger charge is 2.30.